The molecule has 0 saturated heterocycles. The Kier molecular flexibility index (Phi) is 3.73. The van der Waals surface area contributed by atoms with E-state index in [-0.39, 0.29) is 10.6 Å². The summed E-state index contributed by atoms with van der Waals surface area (Å²) in [5.41, 5.74) is 0.372. The van der Waals surface area contributed by atoms with E-state index in [2.05, 4.69) is 34.1 Å². The molecule has 1 atom stereocenters. The molecule has 0 spiro atoms. The van der Waals surface area contributed by atoms with Gasteiger partial charge in [-0.3, -0.25) is 0 Å². The Morgan fingerprint density at radius 1 is 1.18 bits per heavy atom. The molecule has 1 aromatic heterocycles. The van der Waals surface area contributed by atoms with Crippen LogP contribution in [-0.4, -0.2) is 21.0 Å². The molecule has 0 aliphatic heterocycles. The Labute approximate surface area is 111 Å². The highest BCUT2D eigenvalue weighted by Crippen LogP contribution is 2.36. The first kappa shape index (κ1) is 12.8. The number of anilines is 1. The van der Waals surface area contributed by atoms with Crippen LogP contribution in [0, 0.1) is 5.41 Å². The predicted octanol–water partition coefficient (Wildman–Crippen LogP) is 3.56. The lowest BCUT2D eigenvalue weighted by molar-refractivity contribution is 0.229. The van der Waals surface area contributed by atoms with Crippen LogP contribution in [0.4, 0.5) is 5.95 Å². The Bertz CT molecular complexity index is 388. The van der Waals surface area contributed by atoms with E-state index in [0.29, 0.717) is 17.4 Å². The Hall–Kier alpha value is -0.610. The molecular formula is C11H16Cl2N4. The summed E-state index contributed by atoms with van der Waals surface area (Å²) in [5.74, 6) is 0.470. The highest BCUT2D eigenvalue weighted by molar-refractivity contribution is 6.31. The van der Waals surface area contributed by atoms with Crippen LogP contribution in [-0.2, 0) is 0 Å². The van der Waals surface area contributed by atoms with E-state index in [1.54, 1.807) is 0 Å². The van der Waals surface area contributed by atoms with Crippen LogP contribution < -0.4 is 5.32 Å². The molecule has 4 nitrogen and oxygen atoms in total. The smallest absolute Gasteiger partial charge is 0.228 e. The second-order valence-electron chi connectivity index (χ2n) is 5.30. The summed E-state index contributed by atoms with van der Waals surface area (Å²) < 4.78 is 0. The molecule has 0 bridgehead atoms. The van der Waals surface area contributed by atoms with Crippen LogP contribution in [0.2, 0.25) is 10.6 Å². The number of rotatable bonds is 2. The van der Waals surface area contributed by atoms with Crippen molar-refractivity contribution in [1.82, 2.24) is 15.0 Å². The molecule has 0 amide bonds. The van der Waals surface area contributed by atoms with Gasteiger partial charge in [-0.2, -0.15) is 15.0 Å². The van der Waals surface area contributed by atoms with Crippen molar-refractivity contribution in [2.75, 3.05) is 5.32 Å². The molecule has 1 saturated carbocycles. The average Bonchev–Trinajstić information content (AvgIpc) is 2.13. The minimum absolute atomic E-state index is 0.127. The highest BCUT2D eigenvalue weighted by Gasteiger charge is 2.28. The largest absolute Gasteiger partial charge is 0.351 e. The van der Waals surface area contributed by atoms with E-state index >= 15 is 0 Å². The highest BCUT2D eigenvalue weighted by atomic mass is 35.5. The molecule has 2 rings (SSSR count). The summed E-state index contributed by atoms with van der Waals surface area (Å²) >= 11 is 11.5. The van der Waals surface area contributed by atoms with Gasteiger partial charge in [0.25, 0.3) is 0 Å². The summed E-state index contributed by atoms with van der Waals surface area (Å²) in [6.45, 7) is 4.57. The summed E-state index contributed by atoms with van der Waals surface area (Å²) in [6.07, 6.45) is 4.72. The topological polar surface area (TPSA) is 50.7 Å². The van der Waals surface area contributed by atoms with Crippen LogP contribution >= 0.6 is 23.2 Å². The van der Waals surface area contributed by atoms with Gasteiger partial charge in [0.15, 0.2) is 0 Å². The molecule has 0 radical (unpaired) electrons. The molecule has 17 heavy (non-hydrogen) atoms. The first-order valence-electron chi connectivity index (χ1n) is 5.78. The van der Waals surface area contributed by atoms with E-state index in [4.69, 9.17) is 23.2 Å². The number of hydrogen-bond acceptors (Lipinski definition) is 4. The van der Waals surface area contributed by atoms with Gasteiger partial charge in [0.2, 0.25) is 16.5 Å². The molecule has 1 heterocycles. The summed E-state index contributed by atoms with van der Waals surface area (Å²) in [7, 11) is 0. The van der Waals surface area contributed by atoms with Crippen molar-refractivity contribution in [2.24, 2.45) is 5.41 Å². The SMILES string of the molecule is CC1(C)CCCC(Nc2nc(Cl)nc(Cl)n2)C1. The minimum atomic E-state index is 0.127. The van der Waals surface area contributed by atoms with Crippen LogP contribution in [0.5, 0.6) is 0 Å². The maximum atomic E-state index is 5.74. The zero-order valence-corrected chi connectivity index (χ0v) is 11.5. The van der Waals surface area contributed by atoms with E-state index in [9.17, 15) is 0 Å². The zero-order chi connectivity index (χ0) is 12.5. The van der Waals surface area contributed by atoms with Crippen LogP contribution in [0.1, 0.15) is 39.5 Å². The number of halogens is 2. The first-order chi connectivity index (χ1) is 7.94. The normalized spacial score (nSPS) is 23.4. The fourth-order valence-electron chi connectivity index (χ4n) is 2.39. The number of hydrogen-bond donors (Lipinski definition) is 1. The molecule has 1 aliphatic carbocycles. The lowest BCUT2D eigenvalue weighted by Crippen LogP contribution is -2.32. The number of nitrogens with one attached hydrogen (secondary N) is 1. The van der Waals surface area contributed by atoms with Crippen molar-refractivity contribution < 1.29 is 0 Å². The zero-order valence-electron chi connectivity index (χ0n) is 10.0. The predicted molar refractivity (Wildman–Crippen MR) is 69.5 cm³/mol. The van der Waals surface area contributed by atoms with Gasteiger partial charge >= 0.3 is 0 Å². The molecular weight excluding hydrogens is 259 g/mol. The van der Waals surface area contributed by atoms with Gasteiger partial charge in [0.05, 0.1) is 0 Å². The van der Waals surface area contributed by atoms with Gasteiger partial charge in [-0.1, -0.05) is 20.3 Å². The third kappa shape index (κ3) is 3.68. The van der Waals surface area contributed by atoms with E-state index in [0.717, 1.165) is 12.8 Å². The average molecular weight is 275 g/mol. The van der Waals surface area contributed by atoms with Crippen LogP contribution in [0.3, 0.4) is 0 Å². The van der Waals surface area contributed by atoms with Gasteiger partial charge in [-0.05, 0) is 47.9 Å². The second-order valence-corrected chi connectivity index (χ2v) is 5.98. The van der Waals surface area contributed by atoms with Gasteiger partial charge < -0.3 is 5.32 Å². The lowest BCUT2D eigenvalue weighted by Gasteiger charge is -2.35. The van der Waals surface area contributed by atoms with Crippen molar-refractivity contribution in [2.45, 2.75) is 45.6 Å². The monoisotopic (exact) mass is 274 g/mol. The second kappa shape index (κ2) is 4.94. The van der Waals surface area contributed by atoms with Gasteiger partial charge in [-0.15, -0.1) is 0 Å². The maximum Gasteiger partial charge on any atom is 0.228 e. The number of nitrogens with zero attached hydrogens (tertiary/aromatic N) is 3. The Balaban J connectivity index is 2.05. The fraction of sp³-hybridized carbons (Fsp3) is 0.727. The van der Waals surface area contributed by atoms with Crippen molar-refractivity contribution in [1.29, 1.82) is 0 Å². The van der Waals surface area contributed by atoms with E-state index in [1.807, 2.05) is 0 Å². The third-order valence-corrected chi connectivity index (χ3v) is 3.46. The molecule has 1 N–H and O–H groups in total. The van der Waals surface area contributed by atoms with Gasteiger partial charge in [-0.25, -0.2) is 0 Å². The molecule has 1 unspecified atom stereocenters. The molecule has 0 aromatic carbocycles. The van der Waals surface area contributed by atoms with Crippen LogP contribution in [0.15, 0.2) is 0 Å². The molecule has 1 fully saturated rings. The quantitative estimate of drug-likeness (QED) is 0.896. The Morgan fingerprint density at radius 3 is 2.41 bits per heavy atom. The summed E-state index contributed by atoms with van der Waals surface area (Å²) in [6, 6.07) is 0.383. The minimum Gasteiger partial charge on any atom is -0.351 e. The van der Waals surface area contributed by atoms with Crippen molar-refractivity contribution >= 4 is 29.2 Å². The van der Waals surface area contributed by atoms with E-state index < -0.39 is 0 Å². The van der Waals surface area contributed by atoms with E-state index in [1.165, 1.54) is 12.8 Å². The van der Waals surface area contributed by atoms with Crippen molar-refractivity contribution in [3.8, 4) is 0 Å². The van der Waals surface area contributed by atoms with Crippen LogP contribution in [0.25, 0.3) is 0 Å². The molecule has 1 aromatic rings. The fourth-order valence-corrected chi connectivity index (χ4v) is 2.76. The molecule has 1 aliphatic rings. The third-order valence-electron chi connectivity index (χ3n) is 3.12. The van der Waals surface area contributed by atoms with Gasteiger partial charge in [0.1, 0.15) is 0 Å². The standard InChI is InChI=1S/C11H16Cl2N4/c1-11(2)5-3-4-7(6-11)14-10-16-8(12)15-9(13)17-10/h7H,3-6H2,1-2H3,(H,14,15,16,17). The summed E-state index contributed by atoms with van der Waals surface area (Å²) in [4.78, 5) is 11.8. The molecule has 94 valence electrons. The molecule has 6 heteroatoms. The lowest BCUT2D eigenvalue weighted by atomic mass is 9.75. The first-order valence-corrected chi connectivity index (χ1v) is 6.54. The number of aromatic nitrogens is 3. The van der Waals surface area contributed by atoms with Crippen molar-refractivity contribution in [3.63, 3.8) is 0 Å². The Morgan fingerprint density at radius 2 is 1.82 bits per heavy atom. The summed E-state index contributed by atoms with van der Waals surface area (Å²) in [5, 5.41) is 3.54. The van der Waals surface area contributed by atoms with Gasteiger partial charge in [0, 0.05) is 6.04 Å². The van der Waals surface area contributed by atoms with Crippen molar-refractivity contribution in [3.05, 3.63) is 10.6 Å². The maximum absolute atomic E-state index is 5.74.